The Morgan fingerprint density at radius 3 is 1.18 bits per heavy atom. The standard InChI is InChI=1S/C24H30N2O5.C14H14N2O.2ClH/c1-23(2,3)30-21(28)25-14-7-9-16-17-10-8-15(26-22(29)31-24(4,5)6)12-19(17)20(13-27)18(16)11-14;15-8-1-3-10-11-4-2-9(16)6-13(11)14(7-17)12(10)5-8;;/h7-12,20,27H,13H2,1-6H3,(H,25,28)(H,26,29);1-6,14,17H,7,15-16H2;2*1H. The second kappa shape index (κ2) is 15.6. The summed E-state index contributed by atoms with van der Waals surface area (Å²) in [5.74, 6) is -0.280. The molecule has 0 heterocycles. The maximum Gasteiger partial charge on any atom is 0.412 e. The molecule has 0 bridgehead atoms. The van der Waals surface area contributed by atoms with Crippen molar-refractivity contribution in [3.8, 4) is 22.3 Å². The molecule has 0 spiro atoms. The predicted octanol–water partition coefficient (Wildman–Crippen LogP) is 8.28. The van der Waals surface area contributed by atoms with Crippen LogP contribution in [0.2, 0.25) is 0 Å². The Morgan fingerprint density at radius 1 is 0.580 bits per heavy atom. The Balaban J connectivity index is 0.000000301. The zero-order valence-electron chi connectivity index (χ0n) is 29.0. The van der Waals surface area contributed by atoms with Gasteiger partial charge in [-0.15, -0.1) is 24.8 Å². The number of halogens is 2. The van der Waals surface area contributed by atoms with Crippen LogP contribution in [0.3, 0.4) is 0 Å². The highest BCUT2D eigenvalue weighted by Gasteiger charge is 2.30. The van der Waals surface area contributed by atoms with Crippen molar-refractivity contribution in [2.24, 2.45) is 0 Å². The first-order valence-electron chi connectivity index (χ1n) is 15.9. The van der Waals surface area contributed by atoms with E-state index in [1.807, 2.05) is 60.7 Å². The number of fused-ring (bicyclic) bond motifs is 6. The molecule has 0 radical (unpaired) electrons. The fourth-order valence-electron chi connectivity index (χ4n) is 6.15. The molecule has 2 amide bonds. The molecule has 0 unspecified atom stereocenters. The van der Waals surface area contributed by atoms with Crippen molar-refractivity contribution in [2.75, 3.05) is 35.3 Å². The van der Waals surface area contributed by atoms with E-state index >= 15 is 0 Å². The summed E-state index contributed by atoms with van der Waals surface area (Å²) in [6.45, 7) is 10.8. The van der Waals surface area contributed by atoms with Gasteiger partial charge in [0.1, 0.15) is 11.2 Å². The largest absolute Gasteiger partial charge is 0.444 e. The number of nitrogens with one attached hydrogen (secondary N) is 2. The quantitative estimate of drug-likeness (QED) is 0.114. The Morgan fingerprint density at radius 2 is 0.880 bits per heavy atom. The Bertz CT molecular complexity index is 1740. The first kappa shape index (κ1) is 40.0. The van der Waals surface area contributed by atoms with Crippen LogP contribution in [0.25, 0.3) is 22.3 Å². The van der Waals surface area contributed by atoms with Crippen LogP contribution in [-0.2, 0) is 9.47 Å². The maximum absolute atomic E-state index is 12.1. The lowest BCUT2D eigenvalue weighted by atomic mass is 9.97. The minimum Gasteiger partial charge on any atom is -0.444 e. The molecule has 50 heavy (non-hydrogen) atoms. The summed E-state index contributed by atoms with van der Waals surface area (Å²) in [5, 5.41) is 25.1. The van der Waals surface area contributed by atoms with E-state index in [2.05, 4.69) is 10.6 Å². The maximum atomic E-state index is 12.1. The molecular weight excluding hydrogens is 679 g/mol. The second-order valence-corrected chi connectivity index (χ2v) is 14.0. The number of aliphatic hydroxyl groups excluding tert-OH is 2. The minimum absolute atomic E-state index is 0. The summed E-state index contributed by atoms with van der Waals surface area (Å²) < 4.78 is 10.6. The molecule has 0 saturated carbocycles. The van der Waals surface area contributed by atoms with E-state index in [9.17, 15) is 19.8 Å². The highest BCUT2D eigenvalue weighted by Crippen LogP contribution is 2.47. The lowest BCUT2D eigenvalue weighted by Gasteiger charge is -2.20. The number of amides is 2. The van der Waals surface area contributed by atoms with E-state index in [1.165, 1.54) is 0 Å². The Hall–Kier alpha value is -4.48. The summed E-state index contributed by atoms with van der Waals surface area (Å²) in [4.78, 5) is 24.2. The topological polar surface area (TPSA) is 169 Å². The molecular formula is C38H46Cl2N4O6. The average molecular weight is 726 g/mol. The minimum atomic E-state index is -0.595. The van der Waals surface area contributed by atoms with E-state index in [0.29, 0.717) is 11.4 Å². The number of benzene rings is 4. The SMILES string of the molecule is CC(C)(C)OC(=O)Nc1ccc2c(c1)C(CO)c1cc(NC(=O)OC(C)(C)C)ccc1-2.Cl.Cl.Nc1ccc2c(c1)C(CO)c1cc(N)ccc1-2. The summed E-state index contributed by atoms with van der Waals surface area (Å²) >= 11 is 0. The summed E-state index contributed by atoms with van der Waals surface area (Å²) in [7, 11) is 0. The van der Waals surface area contributed by atoms with Crippen LogP contribution < -0.4 is 22.1 Å². The van der Waals surface area contributed by atoms with Gasteiger partial charge < -0.3 is 31.2 Å². The molecule has 0 aromatic heterocycles. The van der Waals surface area contributed by atoms with Crippen molar-refractivity contribution < 1.29 is 29.3 Å². The first-order chi connectivity index (χ1) is 22.6. The highest BCUT2D eigenvalue weighted by molar-refractivity contribution is 5.90. The van der Waals surface area contributed by atoms with Gasteiger partial charge in [0, 0.05) is 34.6 Å². The van der Waals surface area contributed by atoms with Crippen LogP contribution in [0, 0.1) is 0 Å². The van der Waals surface area contributed by atoms with Gasteiger partial charge in [0.25, 0.3) is 0 Å². The molecule has 0 saturated heterocycles. The highest BCUT2D eigenvalue weighted by atomic mass is 35.5. The van der Waals surface area contributed by atoms with Crippen LogP contribution in [-0.4, -0.2) is 46.8 Å². The normalized spacial score (nSPS) is 12.8. The van der Waals surface area contributed by atoms with E-state index in [0.717, 1.165) is 55.9 Å². The third-order valence-electron chi connectivity index (χ3n) is 7.99. The molecule has 0 atom stereocenters. The fourth-order valence-corrected chi connectivity index (χ4v) is 6.15. The number of nitrogen functional groups attached to an aromatic ring is 2. The van der Waals surface area contributed by atoms with Gasteiger partial charge in [-0.1, -0.05) is 24.3 Å². The third kappa shape index (κ3) is 9.00. The van der Waals surface area contributed by atoms with Crippen molar-refractivity contribution in [3.63, 3.8) is 0 Å². The van der Waals surface area contributed by atoms with E-state index in [4.69, 9.17) is 20.9 Å². The smallest absolute Gasteiger partial charge is 0.412 e. The Labute approximate surface area is 305 Å². The number of rotatable bonds is 4. The van der Waals surface area contributed by atoms with Gasteiger partial charge in [-0.25, -0.2) is 9.59 Å². The van der Waals surface area contributed by atoms with Crippen molar-refractivity contribution in [1.82, 2.24) is 0 Å². The van der Waals surface area contributed by atoms with Gasteiger partial charge in [0.15, 0.2) is 0 Å². The molecule has 12 heteroatoms. The predicted molar refractivity (Wildman–Crippen MR) is 205 cm³/mol. The number of carbonyl (C=O) groups excluding carboxylic acids is 2. The summed E-state index contributed by atoms with van der Waals surface area (Å²) in [6, 6.07) is 22.8. The van der Waals surface area contributed by atoms with Crippen molar-refractivity contribution in [1.29, 1.82) is 0 Å². The molecule has 4 aromatic rings. The number of hydrogen-bond donors (Lipinski definition) is 6. The number of nitrogens with two attached hydrogens (primary N) is 2. The van der Waals surface area contributed by atoms with Gasteiger partial charge in [0.05, 0.1) is 13.2 Å². The first-order valence-corrected chi connectivity index (χ1v) is 15.9. The number of ether oxygens (including phenoxy) is 2. The third-order valence-corrected chi connectivity index (χ3v) is 7.99. The summed E-state index contributed by atoms with van der Waals surface area (Å²) in [5.41, 5.74) is 21.3. The van der Waals surface area contributed by atoms with Crippen LogP contribution in [0.1, 0.15) is 75.6 Å². The lowest BCUT2D eigenvalue weighted by Crippen LogP contribution is -2.27. The molecule has 10 nitrogen and oxygen atoms in total. The molecule has 0 fully saturated rings. The Kier molecular flexibility index (Phi) is 12.5. The van der Waals surface area contributed by atoms with Gasteiger partial charge in [0.2, 0.25) is 0 Å². The van der Waals surface area contributed by atoms with Crippen LogP contribution in [0.15, 0.2) is 72.8 Å². The molecule has 2 aliphatic carbocycles. The van der Waals surface area contributed by atoms with Crippen LogP contribution in [0.4, 0.5) is 32.3 Å². The lowest BCUT2D eigenvalue weighted by molar-refractivity contribution is 0.0624. The van der Waals surface area contributed by atoms with Gasteiger partial charge in [-0.2, -0.15) is 0 Å². The number of hydrogen-bond acceptors (Lipinski definition) is 8. The van der Waals surface area contributed by atoms with Gasteiger partial charge in [-0.3, -0.25) is 10.6 Å². The van der Waals surface area contributed by atoms with E-state index in [-0.39, 0.29) is 49.9 Å². The summed E-state index contributed by atoms with van der Waals surface area (Å²) in [6.07, 6.45) is -1.07. The molecule has 0 aliphatic heterocycles. The zero-order valence-corrected chi connectivity index (χ0v) is 30.6. The van der Waals surface area contributed by atoms with Gasteiger partial charge >= 0.3 is 12.2 Å². The average Bonchev–Trinajstić information content (AvgIpc) is 3.45. The van der Waals surface area contributed by atoms with Gasteiger partial charge in [-0.05, 0) is 135 Å². The van der Waals surface area contributed by atoms with Crippen molar-refractivity contribution >= 4 is 59.8 Å². The molecule has 4 aromatic carbocycles. The number of aliphatic hydroxyl groups is 2. The second-order valence-electron chi connectivity index (χ2n) is 14.0. The number of carbonyl (C=O) groups is 2. The monoisotopic (exact) mass is 724 g/mol. The van der Waals surface area contributed by atoms with Crippen LogP contribution >= 0.6 is 24.8 Å². The molecule has 268 valence electrons. The van der Waals surface area contributed by atoms with E-state index < -0.39 is 23.4 Å². The van der Waals surface area contributed by atoms with Crippen LogP contribution in [0.5, 0.6) is 0 Å². The van der Waals surface area contributed by atoms with E-state index in [1.54, 1.807) is 53.7 Å². The van der Waals surface area contributed by atoms with Crippen molar-refractivity contribution in [3.05, 3.63) is 95.1 Å². The fraction of sp³-hybridized carbons (Fsp3) is 0.316. The zero-order chi connectivity index (χ0) is 35.0. The van der Waals surface area contributed by atoms with Crippen molar-refractivity contribution in [2.45, 2.75) is 64.6 Å². The molecule has 6 rings (SSSR count). The molecule has 8 N–H and O–H groups in total. The molecule has 2 aliphatic rings. The number of anilines is 4.